The number of anilines is 2. The predicted molar refractivity (Wildman–Crippen MR) is 122 cm³/mol. The molecule has 30 heavy (non-hydrogen) atoms. The Balaban J connectivity index is 1.27. The number of rotatable bonds is 5. The summed E-state index contributed by atoms with van der Waals surface area (Å²) in [6.45, 7) is 2.00. The van der Waals surface area contributed by atoms with Crippen LogP contribution in [0.2, 0.25) is 0 Å². The van der Waals surface area contributed by atoms with Gasteiger partial charge in [-0.15, -0.1) is 22.7 Å². The van der Waals surface area contributed by atoms with E-state index in [1.54, 1.807) is 11.3 Å². The van der Waals surface area contributed by atoms with Crippen LogP contribution in [0.5, 0.6) is 0 Å². The molecule has 2 aliphatic heterocycles. The molecule has 2 aliphatic rings. The number of carbonyl (C=O) groups is 2. The van der Waals surface area contributed by atoms with Gasteiger partial charge in [-0.2, -0.15) is 0 Å². The van der Waals surface area contributed by atoms with Crippen LogP contribution in [-0.4, -0.2) is 36.3 Å². The Labute approximate surface area is 183 Å². The predicted octanol–water partition coefficient (Wildman–Crippen LogP) is 4.52. The summed E-state index contributed by atoms with van der Waals surface area (Å²) >= 11 is 3.56. The van der Waals surface area contributed by atoms with Crippen LogP contribution >= 0.6 is 22.7 Å². The van der Waals surface area contributed by atoms with Crippen molar-refractivity contribution in [3.63, 3.8) is 0 Å². The highest BCUT2D eigenvalue weighted by molar-refractivity contribution is 7.10. The van der Waals surface area contributed by atoms with Crippen molar-refractivity contribution in [2.24, 2.45) is 0 Å². The minimum atomic E-state index is -0.0137. The molecular weight excluding hydrogens is 414 g/mol. The Kier molecular flexibility index (Phi) is 5.41. The first-order valence-corrected chi connectivity index (χ1v) is 12.0. The van der Waals surface area contributed by atoms with Crippen LogP contribution in [-0.2, 0) is 16.0 Å². The normalized spacial score (nSPS) is 19.1. The molecule has 5 nitrogen and oxygen atoms in total. The molecular formula is C23H23N3O2S2. The second-order valence-electron chi connectivity index (χ2n) is 7.68. The van der Waals surface area contributed by atoms with E-state index in [4.69, 9.17) is 0 Å². The lowest BCUT2D eigenvalue weighted by molar-refractivity contribution is -0.118. The van der Waals surface area contributed by atoms with Crippen molar-refractivity contribution in [1.82, 2.24) is 4.90 Å². The summed E-state index contributed by atoms with van der Waals surface area (Å²) < 4.78 is 0. The third kappa shape index (κ3) is 3.80. The molecule has 0 aliphatic carbocycles. The Morgan fingerprint density at radius 1 is 1.03 bits per heavy atom. The van der Waals surface area contributed by atoms with Crippen LogP contribution in [0.1, 0.15) is 34.2 Å². The van der Waals surface area contributed by atoms with Gasteiger partial charge in [-0.3, -0.25) is 14.5 Å². The maximum atomic E-state index is 12.8. The number of carbonyl (C=O) groups excluding carboxylic acids is 2. The smallest absolute Gasteiger partial charge is 0.238 e. The molecule has 1 aromatic carbocycles. The Hall–Kier alpha value is -2.48. The number of nitrogens with zero attached hydrogens (tertiary/aromatic N) is 2. The maximum absolute atomic E-state index is 12.8. The molecule has 0 radical (unpaired) electrons. The van der Waals surface area contributed by atoms with E-state index in [9.17, 15) is 9.59 Å². The SMILES string of the molecule is O=C(CN1CCc2sccc2C1c1cccs1)Nc1ccc(N2CCCC2=O)cc1. The largest absolute Gasteiger partial charge is 0.325 e. The molecule has 1 N–H and O–H groups in total. The minimum Gasteiger partial charge on any atom is -0.325 e. The van der Waals surface area contributed by atoms with E-state index in [0.717, 1.165) is 37.3 Å². The average Bonchev–Trinajstić information content (AvgIpc) is 3.50. The van der Waals surface area contributed by atoms with Crippen LogP contribution in [0.15, 0.2) is 53.2 Å². The van der Waals surface area contributed by atoms with Gasteiger partial charge in [0.15, 0.2) is 0 Å². The van der Waals surface area contributed by atoms with E-state index in [0.29, 0.717) is 13.0 Å². The highest BCUT2D eigenvalue weighted by Crippen LogP contribution is 2.39. The van der Waals surface area contributed by atoms with Crippen molar-refractivity contribution in [2.45, 2.75) is 25.3 Å². The van der Waals surface area contributed by atoms with Gasteiger partial charge in [-0.25, -0.2) is 0 Å². The average molecular weight is 438 g/mol. The maximum Gasteiger partial charge on any atom is 0.238 e. The van der Waals surface area contributed by atoms with Crippen molar-refractivity contribution >= 4 is 45.9 Å². The topological polar surface area (TPSA) is 52.7 Å². The Bertz CT molecular complexity index is 1040. The summed E-state index contributed by atoms with van der Waals surface area (Å²) in [5.74, 6) is 0.157. The molecule has 0 spiro atoms. The van der Waals surface area contributed by atoms with Crippen molar-refractivity contribution < 1.29 is 9.59 Å². The zero-order chi connectivity index (χ0) is 20.5. The highest BCUT2D eigenvalue weighted by Gasteiger charge is 2.31. The molecule has 1 unspecified atom stereocenters. The van der Waals surface area contributed by atoms with Gasteiger partial charge in [0.1, 0.15) is 0 Å². The molecule has 5 rings (SSSR count). The third-order valence-electron chi connectivity index (χ3n) is 5.76. The van der Waals surface area contributed by atoms with E-state index in [1.165, 1.54) is 15.3 Å². The van der Waals surface area contributed by atoms with E-state index in [-0.39, 0.29) is 17.9 Å². The van der Waals surface area contributed by atoms with Crippen molar-refractivity contribution in [3.8, 4) is 0 Å². The number of amides is 2. The van der Waals surface area contributed by atoms with Crippen LogP contribution in [0.4, 0.5) is 11.4 Å². The van der Waals surface area contributed by atoms with Crippen LogP contribution in [0.3, 0.4) is 0 Å². The second kappa shape index (κ2) is 8.34. The van der Waals surface area contributed by atoms with E-state index in [2.05, 4.69) is 39.2 Å². The summed E-state index contributed by atoms with van der Waals surface area (Å²) in [6.07, 6.45) is 2.51. The first-order valence-electron chi connectivity index (χ1n) is 10.2. The fourth-order valence-electron chi connectivity index (χ4n) is 4.35. The monoisotopic (exact) mass is 437 g/mol. The van der Waals surface area contributed by atoms with Crippen molar-refractivity contribution in [3.05, 3.63) is 68.5 Å². The van der Waals surface area contributed by atoms with Gasteiger partial charge in [0.05, 0.1) is 12.6 Å². The van der Waals surface area contributed by atoms with Gasteiger partial charge < -0.3 is 10.2 Å². The number of thiophene rings is 2. The van der Waals surface area contributed by atoms with Crippen LogP contribution in [0, 0.1) is 0 Å². The molecule has 0 saturated carbocycles. The zero-order valence-corrected chi connectivity index (χ0v) is 18.2. The van der Waals surface area contributed by atoms with E-state index in [1.807, 2.05) is 40.5 Å². The van der Waals surface area contributed by atoms with Gasteiger partial charge in [-0.1, -0.05) is 6.07 Å². The lowest BCUT2D eigenvalue weighted by Crippen LogP contribution is -2.40. The van der Waals surface area contributed by atoms with Gasteiger partial charge in [0.2, 0.25) is 11.8 Å². The van der Waals surface area contributed by atoms with E-state index < -0.39 is 0 Å². The molecule has 7 heteroatoms. The van der Waals surface area contributed by atoms with Gasteiger partial charge in [0, 0.05) is 40.6 Å². The molecule has 154 valence electrons. The number of hydrogen-bond donors (Lipinski definition) is 1. The van der Waals surface area contributed by atoms with Crippen LogP contribution < -0.4 is 10.2 Å². The fraction of sp³-hybridized carbons (Fsp3) is 0.304. The number of benzene rings is 1. The molecule has 0 bridgehead atoms. The lowest BCUT2D eigenvalue weighted by Gasteiger charge is -2.34. The summed E-state index contributed by atoms with van der Waals surface area (Å²) in [5, 5.41) is 7.28. The van der Waals surface area contributed by atoms with E-state index >= 15 is 0 Å². The summed E-state index contributed by atoms with van der Waals surface area (Å²) in [7, 11) is 0. The number of hydrogen-bond acceptors (Lipinski definition) is 5. The fourth-order valence-corrected chi connectivity index (χ4v) is 6.13. The molecule has 1 fully saturated rings. The molecule has 1 saturated heterocycles. The van der Waals surface area contributed by atoms with Gasteiger partial charge >= 0.3 is 0 Å². The van der Waals surface area contributed by atoms with Gasteiger partial charge in [0.25, 0.3) is 0 Å². The first-order chi connectivity index (χ1) is 14.7. The molecule has 2 aromatic heterocycles. The third-order valence-corrected chi connectivity index (χ3v) is 7.68. The quantitative estimate of drug-likeness (QED) is 0.638. The lowest BCUT2D eigenvalue weighted by atomic mass is 9.98. The Morgan fingerprint density at radius 2 is 1.90 bits per heavy atom. The molecule has 3 aromatic rings. The second-order valence-corrected chi connectivity index (χ2v) is 9.66. The zero-order valence-electron chi connectivity index (χ0n) is 16.5. The van der Waals surface area contributed by atoms with Gasteiger partial charge in [-0.05, 0) is 65.6 Å². The summed E-state index contributed by atoms with van der Waals surface area (Å²) in [4.78, 5) is 31.5. The number of nitrogens with one attached hydrogen (secondary N) is 1. The molecule has 4 heterocycles. The highest BCUT2D eigenvalue weighted by atomic mass is 32.1. The molecule has 1 atom stereocenters. The number of fused-ring (bicyclic) bond motifs is 1. The Morgan fingerprint density at radius 3 is 2.63 bits per heavy atom. The van der Waals surface area contributed by atoms with Crippen molar-refractivity contribution in [2.75, 3.05) is 29.9 Å². The van der Waals surface area contributed by atoms with Crippen LogP contribution in [0.25, 0.3) is 0 Å². The standard InChI is InChI=1S/C23H23N3O2S2/c27-21(24-16-5-7-17(8-6-16)26-11-1-4-22(26)28)15-25-12-9-19-18(10-14-30-19)23(25)20-3-2-13-29-20/h2-3,5-8,10,13-14,23H,1,4,9,11-12,15H2,(H,24,27). The molecule has 2 amide bonds. The first kappa shape index (κ1) is 19.5. The summed E-state index contributed by atoms with van der Waals surface area (Å²) in [6, 6.07) is 14.2. The van der Waals surface area contributed by atoms with Crippen molar-refractivity contribution in [1.29, 1.82) is 0 Å². The summed E-state index contributed by atoms with van der Waals surface area (Å²) in [5.41, 5.74) is 2.99. The minimum absolute atomic E-state index is 0.0137.